The first-order chi connectivity index (χ1) is 19.9. The molecule has 2 aliphatic carbocycles. The molecule has 0 amide bonds. The van der Waals surface area contributed by atoms with Gasteiger partial charge in [-0.05, 0) is 0 Å². The molecule has 0 heterocycles. The van der Waals surface area contributed by atoms with E-state index in [-0.39, 0.29) is 24.8 Å². The first-order valence-corrected chi connectivity index (χ1v) is 29.3. The van der Waals surface area contributed by atoms with Gasteiger partial charge in [0, 0.05) is 0 Å². The second-order valence-corrected chi connectivity index (χ2v) is 37.1. The van der Waals surface area contributed by atoms with E-state index in [2.05, 4.69) is 142 Å². The third-order valence-electron chi connectivity index (χ3n) is 9.17. The number of hydrogen-bond donors (Lipinski definition) is 0. The Kier molecular flexibility index (Phi) is 13.1. The molecule has 0 spiro atoms. The second-order valence-electron chi connectivity index (χ2n) is 12.5. The molecule has 0 radical (unpaired) electrons. The van der Waals surface area contributed by atoms with Crippen molar-refractivity contribution in [1.29, 1.82) is 0 Å². The van der Waals surface area contributed by atoms with Gasteiger partial charge >= 0.3 is 217 Å². The van der Waals surface area contributed by atoms with Crippen molar-refractivity contribution in [1.82, 2.24) is 0 Å². The Labute approximate surface area is 279 Å². The molecule has 0 aliphatic heterocycles. The molecule has 4 aromatic carbocycles. The van der Waals surface area contributed by atoms with Crippen molar-refractivity contribution in [3.8, 4) is 22.3 Å². The Morgan fingerprint density at radius 2 is 0.930 bits per heavy atom. The van der Waals surface area contributed by atoms with E-state index in [4.69, 9.17) is 0 Å². The normalized spacial score (nSPS) is 17.6. The summed E-state index contributed by atoms with van der Waals surface area (Å²) in [6.07, 6.45) is 10.6. The van der Waals surface area contributed by atoms with E-state index in [9.17, 15) is 0 Å². The fourth-order valence-corrected chi connectivity index (χ4v) is 28.7. The molecule has 4 heteroatoms. The molecule has 0 saturated heterocycles. The molecule has 4 aromatic rings. The Balaban J connectivity index is 0.000000578. The molecular formula is C39H48Cl2SiZr. The number of fused-ring (bicyclic) bond motifs is 2. The van der Waals surface area contributed by atoms with Gasteiger partial charge in [0.2, 0.25) is 0 Å². The zero-order valence-corrected chi connectivity index (χ0v) is 32.8. The van der Waals surface area contributed by atoms with E-state index in [1.54, 1.807) is 22.3 Å². The van der Waals surface area contributed by atoms with E-state index in [1.807, 2.05) is 0 Å². The minimum absolute atomic E-state index is 0. The topological polar surface area (TPSA) is 0 Å². The summed E-state index contributed by atoms with van der Waals surface area (Å²) < 4.78 is 4.04. The van der Waals surface area contributed by atoms with Gasteiger partial charge in [0.15, 0.2) is 0 Å². The molecule has 6 rings (SSSR count). The van der Waals surface area contributed by atoms with Crippen molar-refractivity contribution in [3.05, 3.63) is 130 Å². The van der Waals surface area contributed by atoms with Crippen LogP contribution in [0.15, 0.2) is 108 Å². The number of halogens is 2. The maximum absolute atomic E-state index is 2.75. The molecule has 2 aliphatic rings. The smallest absolute Gasteiger partial charge is 0.0536 e. The van der Waals surface area contributed by atoms with Gasteiger partial charge in [0.05, 0.1) is 0 Å². The van der Waals surface area contributed by atoms with Crippen LogP contribution in [-0.4, -0.2) is 7.37 Å². The maximum Gasteiger partial charge on any atom is -0.0536 e. The van der Waals surface area contributed by atoms with Crippen molar-refractivity contribution in [2.24, 2.45) is 0 Å². The molecule has 0 N–H and O–H groups in total. The van der Waals surface area contributed by atoms with Gasteiger partial charge in [-0.1, -0.05) is 39.5 Å². The van der Waals surface area contributed by atoms with Crippen LogP contribution >= 0.6 is 24.8 Å². The average Bonchev–Trinajstić information content (AvgIpc) is 3.53. The summed E-state index contributed by atoms with van der Waals surface area (Å²) >= 11 is -2.67. The van der Waals surface area contributed by atoms with E-state index in [0.717, 1.165) is 0 Å². The number of rotatable bonds is 7. The quantitative estimate of drug-likeness (QED) is 0.133. The maximum atomic E-state index is 2.75. The Morgan fingerprint density at radius 1 is 0.558 bits per heavy atom. The third-order valence-corrected chi connectivity index (χ3v) is 27.1. The number of unbranched alkanes of at least 4 members (excludes halogenated alkanes) is 3. The van der Waals surface area contributed by atoms with Gasteiger partial charge in [0.25, 0.3) is 0 Å². The summed E-state index contributed by atoms with van der Waals surface area (Å²) in [6.45, 7) is 9.27. The predicted octanol–water partition coefficient (Wildman–Crippen LogP) is 11.5. The largest absolute Gasteiger partial charge is 0.147 e. The minimum Gasteiger partial charge on any atom is -0.147 e. The van der Waals surface area contributed by atoms with Crippen molar-refractivity contribution >= 4 is 44.3 Å². The zero-order chi connectivity index (χ0) is 29.0. The van der Waals surface area contributed by atoms with Crippen molar-refractivity contribution in [2.75, 3.05) is 0 Å². The standard InChI is InChI=1S/2C16H13.C6H14.CH3.2ClH.H3Si.Zr/c2*1-12-10-14-8-5-9-15(16(14)11-12)13-6-3-2-4-7-13;1-3-5-6-4-2;;;;;/h2*2-11H,1H3;3-6H2,1-2H3;1H3;2*1H;1H3;. The molecule has 226 valence electrons. The van der Waals surface area contributed by atoms with Crippen molar-refractivity contribution in [2.45, 2.75) is 65.3 Å². The predicted molar refractivity (Wildman–Crippen MR) is 197 cm³/mol. The molecule has 0 bridgehead atoms. The molecule has 0 aromatic heterocycles. The number of hydrogen-bond acceptors (Lipinski definition) is 0. The van der Waals surface area contributed by atoms with E-state index >= 15 is 0 Å². The SMILES string of the molecule is CC1=Cc2c(-c3ccccc3)cccc2[CH]1[Zr]([CH3])([SiH3])[CH]1C(C)=Cc2c(-c3ccccc3)cccc21.CCCCCC.Cl.Cl. The van der Waals surface area contributed by atoms with Crippen LogP contribution in [0.1, 0.15) is 82.9 Å². The van der Waals surface area contributed by atoms with Crippen LogP contribution < -0.4 is 0 Å². The monoisotopic (exact) mass is 704 g/mol. The first-order valence-electron chi connectivity index (χ1n) is 15.6. The van der Waals surface area contributed by atoms with Crippen LogP contribution in [-0.2, 0) is 19.4 Å². The summed E-state index contributed by atoms with van der Waals surface area (Å²) in [5, 5.41) is 0. The Hall–Kier alpha value is -1.96. The van der Waals surface area contributed by atoms with Crippen LogP contribution in [0.3, 0.4) is 0 Å². The first kappa shape index (κ1) is 35.5. The molecule has 43 heavy (non-hydrogen) atoms. The minimum atomic E-state index is -2.67. The van der Waals surface area contributed by atoms with Crippen molar-refractivity contribution in [3.63, 3.8) is 0 Å². The van der Waals surface area contributed by atoms with Crippen LogP contribution in [0.25, 0.3) is 34.4 Å². The Bertz CT molecular complexity index is 1440. The molecule has 0 fully saturated rings. The van der Waals surface area contributed by atoms with E-state index in [1.165, 1.54) is 66.4 Å². The molecule has 2 atom stereocenters. The van der Waals surface area contributed by atoms with Gasteiger partial charge in [0.1, 0.15) is 0 Å². The summed E-state index contributed by atoms with van der Waals surface area (Å²) in [4.78, 5) is 0. The van der Waals surface area contributed by atoms with E-state index < -0.39 is 19.4 Å². The second kappa shape index (κ2) is 15.9. The molecule has 2 unspecified atom stereocenters. The van der Waals surface area contributed by atoms with Gasteiger partial charge in [-0.3, -0.25) is 0 Å². The van der Waals surface area contributed by atoms with Gasteiger partial charge < -0.3 is 0 Å². The molecular weight excluding hydrogens is 659 g/mol. The molecule has 0 saturated carbocycles. The Morgan fingerprint density at radius 3 is 1.28 bits per heavy atom. The summed E-state index contributed by atoms with van der Waals surface area (Å²) in [5.41, 5.74) is 14.8. The molecule has 0 nitrogen and oxygen atoms in total. The number of benzene rings is 4. The average molecular weight is 707 g/mol. The fraction of sp³-hybridized carbons (Fsp3) is 0.282. The van der Waals surface area contributed by atoms with E-state index in [0.29, 0.717) is 7.25 Å². The van der Waals surface area contributed by atoms with Crippen LogP contribution in [0.2, 0.25) is 4.63 Å². The van der Waals surface area contributed by atoms with Crippen molar-refractivity contribution < 1.29 is 19.4 Å². The summed E-state index contributed by atoms with van der Waals surface area (Å²) in [6, 6.07) is 35.9. The van der Waals surface area contributed by atoms with Crippen LogP contribution in [0, 0.1) is 0 Å². The van der Waals surface area contributed by atoms with Gasteiger partial charge in [-0.25, -0.2) is 0 Å². The summed E-state index contributed by atoms with van der Waals surface area (Å²) in [5.74, 6) is 0. The van der Waals surface area contributed by atoms with Crippen LogP contribution in [0.5, 0.6) is 0 Å². The third kappa shape index (κ3) is 7.31. The van der Waals surface area contributed by atoms with Crippen LogP contribution in [0.4, 0.5) is 0 Å². The number of allylic oxidation sites excluding steroid dienone is 2. The zero-order valence-electron chi connectivity index (χ0n) is 26.7. The fourth-order valence-electron chi connectivity index (χ4n) is 7.49. The van der Waals surface area contributed by atoms with Gasteiger partial charge in [-0.2, -0.15) is 0 Å². The summed E-state index contributed by atoms with van der Waals surface area (Å²) in [7, 11) is 1.31. The van der Waals surface area contributed by atoms with Gasteiger partial charge in [-0.15, -0.1) is 24.8 Å².